The van der Waals surface area contributed by atoms with Gasteiger partial charge in [-0.15, -0.1) is 0 Å². The first kappa shape index (κ1) is 29.2. The van der Waals surface area contributed by atoms with E-state index in [4.69, 9.17) is 28.0 Å². The molecular formula is C21H26FO13P. The number of esters is 4. The predicted molar refractivity (Wildman–Crippen MR) is 115 cm³/mol. The summed E-state index contributed by atoms with van der Waals surface area (Å²) in [7, 11) is -5.03. The van der Waals surface area contributed by atoms with Crippen LogP contribution in [0.25, 0.3) is 0 Å². The summed E-state index contributed by atoms with van der Waals surface area (Å²) in [6.45, 7) is 3.04. The highest BCUT2D eigenvalue weighted by molar-refractivity contribution is 7.47. The molecule has 200 valence electrons. The molecule has 15 heteroatoms. The molecule has 36 heavy (non-hydrogen) atoms. The third-order valence-electron chi connectivity index (χ3n) is 4.44. The number of ether oxygens (including phenoxy) is 5. The lowest BCUT2D eigenvalue weighted by Crippen LogP contribution is -2.64. The Labute approximate surface area is 205 Å². The maximum Gasteiger partial charge on any atom is 0.529 e. The fourth-order valence-electron chi connectivity index (χ4n) is 3.24. The van der Waals surface area contributed by atoms with Crippen molar-refractivity contribution >= 4 is 31.7 Å². The van der Waals surface area contributed by atoms with E-state index in [0.29, 0.717) is 0 Å². The third kappa shape index (κ3) is 8.86. The van der Waals surface area contributed by atoms with Crippen molar-refractivity contribution in [3.05, 3.63) is 30.3 Å². The van der Waals surface area contributed by atoms with Crippen molar-refractivity contribution in [1.82, 2.24) is 0 Å². The van der Waals surface area contributed by atoms with Gasteiger partial charge in [-0.1, -0.05) is 18.2 Å². The molecule has 0 aliphatic carbocycles. The number of carbonyl (C=O) groups is 4. The number of para-hydroxylation sites is 1. The fraction of sp³-hybridized carbons (Fsp3) is 0.524. The van der Waals surface area contributed by atoms with Crippen molar-refractivity contribution in [2.75, 3.05) is 6.61 Å². The first-order valence-corrected chi connectivity index (χ1v) is 12.0. The maximum absolute atomic E-state index is 15.1. The highest BCUT2D eigenvalue weighted by atomic mass is 31.2. The summed E-state index contributed by atoms with van der Waals surface area (Å²) in [6, 6.07) is 7.32. The number of phosphoric ester groups is 1. The van der Waals surface area contributed by atoms with Gasteiger partial charge in [0.05, 0.1) is 0 Å². The van der Waals surface area contributed by atoms with Crippen LogP contribution in [0.4, 0.5) is 4.39 Å². The Morgan fingerprint density at radius 2 is 1.44 bits per heavy atom. The molecule has 0 spiro atoms. The van der Waals surface area contributed by atoms with E-state index in [-0.39, 0.29) is 5.75 Å². The second-order valence-electron chi connectivity index (χ2n) is 7.49. The lowest BCUT2D eigenvalue weighted by Gasteiger charge is -2.44. The zero-order valence-corrected chi connectivity index (χ0v) is 20.6. The van der Waals surface area contributed by atoms with E-state index in [9.17, 15) is 28.6 Å². The van der Waals surface area contributed by atoms with E-state index < -0.39 is 75.2 Å². The molecule has 0 aromatic heterocycles. The van der Waals surface area contributed by atoms with Gasteiger partial charge in [-0.3, -0.25) is 24.1 Å². The van der Waals surface area contributed by atoms with Gasteiger partial charge in [0.2, 0.25) is 6.29 Å². The van der Waals surface area contributed by atoms with Crippen LogP contribution in [0.15, 0.2) is 30.3 Å². The summed E-state index contributed by atoms with van der Waals surface area (Å²) < 4.78 is 63.3. The van der Waals surface area contributed by atoms with Crippen LogP contribution in [0.2, 0.25) is 0 Å². The van der Waals surface area contributed by atoms with Gasteiger partial charge in [0.25, 0.3) is 0 Å². The average molecular weight is 536 g/mol. The quantitative estimate of drug-likeness (QED) is 0.260. The molecule has 1 saturated heterocycles. The Kier molecular flexibility index (Phi) is 10.3. The molecule has 1 N–H and O–H groups in total. The van der Waals surface area contributed by atoms with Gasteiger partial charge < -0.3 is 28.2 Å². The summed E-state index contributed by atoms with van der Waals surface area (Å²) in [6.07, 6.45) is -11.5. The number of hydrogen-bond acceptors (Lipinski definition) is 12. The minimum atomic E-state index is -5.03. The number of benzene rings is 1. The SMILES string of the molecule is CC(=O)OC[C@H](F)C1OC(OP(=O)(O)Oc2ccccc2)C(OC(C)=O)C(OC(C)=O)C1OC(C)=O. The molecule has 0 saturated carbocycles. The standard InChI is InChI=1S/C21H26FO13P/c1-11(23)29-10-16(22)17-18(30-12(2)24)19(31-13(3)25)20(32-14(4)26)21(33-17)35-36(27,28)34-15-8-6-5-7-9-15/h5-9,16-21H,10H2,1-4H3,(H,27,28)/t16-,17?,18?,19?,20?,21?/m0/s1. The largest absolute Gasteiger partial charge is 0.529 e. The van der Waals surface area contributed by atoms with Crippen molar-refractivity contribution < 1.29 is 65.8 Å². The number of hydrogen-bond donors (Lipinski definition) is 1. The summed E-state index contributed by atoms with van der Waals surface area (Å²) in [4.78, 5) is 56.8. The second kappa shape index (κ2) is 12.8. The van der Waals surface area contributed by atoms with Crippen molar-refractivity contribution in [1.29, 1.82) is 0 Å². The van der Waals surface area contributed by atoms with Crippen molar-refractivity contribution in [3.8, 4) is 5.75 Å². The summed E-state index contributed by atoms with van der Waals surface area (Å²) in [5, 5.41) is 0. The number of carbonyl (C=O) groups excluding carboxylic acids is 4. The molecule has 6 unspecified atom stereocenters. The molecule has 13 nitrogen and oxygen atoms in total. The van der Waals surface area contributed by atoms with Crippen LogP contribution in [0.5, 0.6) is 5.75 Å². The Morgan fingerprint density at radius 3 is 1.97 bits per heavy atom. The zero-order valence-electron chi connectivity index (χ0n) is 19.7. The Morgan fingerprint density at radius 1 is 0.917 bits per heavy atom. The van der Waals surface area contributed by atoms with Crippen molar-refractivity contribution in [2.24, 2.45) is 0 Å². The van der Waals surface area contributed by atoms with E-state index in [0.717, 1.165) is 27.7 Å². The fourth-order valence-corrected chi connectivity index (χ4v) is 4.10. The molecule has 0 amide bonds. The van der Waals surface area contributed by atoms with Crippen LogP contribution in [-0.2, 0) is 52.0 Å². The van der Waals surface area contributed by atoms with Gasteiger partial charge in [-0.05, 0) is 12.1 Å². The van der Waals surface area contributed by atoms with Gasteiger partial charge in [0.1, 0.15) is 18.5 Å². The molecule has 0 radical (unpaired) electrons. The zero-order chi connectivity index (χ0) is 27.0. The van der Waals surface area contributed by atoms with Gasteiger partial charge >= 0.3 is 31.7 Å². The summed E-state index contributed by atoms with van der Waals surface area (Å²) >= 11 is 0. The number of alkyl halides is 1. The monoisotopic (exact) mass is 536 g/mol. The highest BCUT2D eigenvalue weighted by Crippen LogP contribution is 2.47. The lowest BCUT2D eigenvalue weighted by atomic mass is 9.95. The molecule has 1 aliphatic rings. The van der Waals surface area contributed by atoms with E-state index in [1.807, 2.05) is 0 Å². The summed E-state index contributed by atoms with van der Waals surface area (Å²) in [5.74, 6) is -3.80. The molecule has 7 atom stereocenters. The molecule has 1 fully saturated rings. The molecule has 2 rings (SSSR count). The molecule has 1 aromatic carbocycles. The van der Waals surface area contributed by atoms with Gasteiger partial charge in [-0.25, -0.2) is 13.5 Å². The second-order valence-corrected chi connectivity index (χ2v) is 8.82. The van der Waals surface area contributed by atoms with E-state index in [2.05, 4.69) is 4.74 Å². The van der Waals surface area contributed by atoms with Crippen LogP contribution >= 0.6 is 7.82 Å². The van der Waals surface area contributed by atoms with E-state index >= 15 is 4.39 Å². The first-order valence-electron chi connectivity index (χ1n) is 10.5. The number of rotatable bonds is 10. The van der Waals surface area contributed by atoms with Crippen LogP contribution in [-0.4, -0.2) is 72.3 Å². The Balaban J connectivity index is 2.47. The van der Waals surface area contributed by atoms with E-state index in [1.54, 1.807) is 6.07 Å². The first-order chi connectivity index (χ1) is 16.8. The lowest BCUT2D eigenvalue weighted by molar-refractivity contribution is -0.296. The Hall–Kier alpha value is -3.06. The van der Waals surface area contributed by atoms with Gasteiger partial charge in [0, 0.05) is 27.7 Å². The summed E-state index contributed by atoms with van der Waals surface area (Å²) in [5.41, 5.74) is 0. The van der Waals surface area contributed by atoms with Crippen molar-refractivity contribution in [2.45, 2.75) is 64.6 Å². The van der Waals surface area contributed by atoms with Crippen LogP contribution < -0.4 is 4.52 Å². The smallest absolute Gasteiger partial charge is 0.463 e. The molecule has 1 aromatic rings. The normalized spacial score (nSPS) is 26.0. The van der Waals surface area contributed by atoms with E-state index in [1.165, 1.54) is 24.3 Å². The molecule has 1 aliphatic heterocycles. The van der Waals surface area contributed by atoms with Gasteiger partial charge in [0.15, 0.2) is 24.5 Å². The molecule has 0 bridgehead atoms. The number of halogens is 1. The van der Waals surface area contributed by atoms with Crippen LogP contribution in [0.3, 0.4) is 0 Å². The minimum absolute atomic E-state index is 0.0766. The molecular weight excluding hydrogens is 510 g/mol. The minimum Gasteiger partial charge on any atom is -0.463 e. The van der Waals surface area contributed by atoms with Crippen LogP contribution in [0, 0.1) is 0 Å². The predicted octanol–water partition coefficient (Wildman–Crippen LogP) is 1.60. The Bertz CT molecular complexity index is 987. The van der Waals surface area contributed by atoms with Crippen molar-refractivity contribution in [3.63, 3.8) is 0 Å². The third-order valence-corrected chi connectivity index (χ3v) is 5.36. The van der Waals surface area contributed by atoms with Gasteiger partial charge in [-0.2, -0.15) is 0 Å². The average Bonchev–Trinajstić information content (AvgIpc) is 2.75. The topological polar surface area (TPSA) is 170 Å². The number of phosphoric acid groups is 1. The maximum atomic E-state index is 15.1. The van der Waals surface area contributed by atoms with Crippen LogP contribution in [0.1, 0.15) is 27.7 Å². The highest BCUT2D eigenvalue weighted by Gasteiger charge is 2.56. The molecule has 1 heterocycles.